The van der Waals surface area contributed by atoms with Gasteiger partial charge in [0.05, 0.1) is 11.1 Å². The van der Waals surface area contributed by atoms with Crippen molar-refractivity contribution in [2.45, 2.75) is 19.9 Å². The van der Waals surface area contributed by atoms with Crippen LogP contribution in [0.15, 0.2) is 60.4 Å². The van der Waals surface area contributed by atoms with Crippen LogP contribution in [0.4, 0.5) is 0 Å². The maximum Gasteiger partial charge on any atom is 0.232 e. The Morgan fingerprint density at radius 1 is 1.09 bits per heavy atom. The molecule has 2 aliphatic rings. The molecule has 0 radical (unpaired) electrons. The molecule has 2 heterocycles. The van der Waals surface area contributed by atoms with Crippen LogP contribution in [-0.2, 0) is 13.0 Å². The van der Waals surface area contributed by atoms with Gasteiger partial charge < -0.3 is 9.47 Å². The normalized spacial score (nSPS) is 16.5. The van der Waals surface area contributed by atoms with E-state index in [0.29, 0.717) is 40.4 Å². The standard InChI is InChI=1S/C26H21Cl2NO3/c1-16-11-22-20(14-29(15-31-22)10-9-18-7-8-19(27)13-21(18)28)26-24(16)25(30)23(32-26)12-17-5-3-2-4-6-17/h2-8,11-13H,9-10,14-15H2,1H3/b23-12+. The number of Topliss-reactive ketones (excluding diaryl/α,β-unsaturated/α-hetero) is 1. The highest BCUT2D eigenvalue weighted by Crippen LogP contribution is 2.44. The van der Waals surface area contributed by atoms with E-state index < -0.39 is 0 Å². The first-order valence-corrected chi connectivity index (χ1v) is 11.2. The Morgan fingerprint density at radius 3 is 2.69 bits per heavy atom. The smallest absolute Gasteiger partial charge is 0.232 e. The number of nitrogens with zero attached hydrogens (tertiary/aromatic N) is 1. The molecule has 0 atom stereocenters. The molecule has 0 amide bonds. The number of hydrogen-bond donors (Lipinski definition) is 0. The Balaban J connectivity index is 1.39. The molecular formula is C26H21Cl2NO3. The van der Waals surface area contributed by atoms with Crippen molar-refractivity contribution in [1.29, 1.82) is 0 Å². The first-order valence-electron chi connectivity index (χ1n) is 10.4. The second kappa shape index (κ2) is 8.62. The molecule has 0 bridgehead atoms. The molecule has 0 unspecified atom stereocenters. The van der Waals surface area contributed by atoms with Crippen molar-refractivity contribution < 1.29 is 14.3 Å². The molecule has 0 aromatic heterocycles. The summed E-state index contributed by atoms with van der Waals surface area (Å²) in [5.41, 5.74) is 4.35. The fraction of sp³-hybridized carbons (Fsp3) is 0.192. The zero-order valence-electron chi connectivity index (χ0n) is 17.5. The topological polar surface area (TPSA) is 38.8 Å². The number of aryl methyl sites for hydroxylation is 1. The SMILES string of the molecule is Cc1cc2c(c3c1C(=O)/C(=C\c1ccccc1)O3)CN(CCc1ccc(Cl)cc1Cl)CO2. The van der Waals surface area contributed by atoms with Crippen LogP contribution in [-0.4, -0.2) is 24.0 Å². The van der Waals surface area contributed by atoms with Crippen LogP contribution in [0.25, 0.3) is 6.08 Å². The zero-order valence-corrected chi connectivity index (χ0v) is 19.0. The van der Waals surface area contributed by atoms with Gasteiger partial charge >= 0.3 is 0 Å². The Hall–Kier alpha value is -2.79. The third-order valence-electron chi connectivity index (χ3n) is 5.80. The summed E-state index contributed by atoms with van der Waals surface area (Å²) < 4.78 is 12.1. The summed E-state index contributed by atoms with van der Waals surface area (Å²) in [5, 5.41) is 1.29. The summed E-state index contributed by atoms with van der Waals surface area (Å²) in [5.74, 6) is 1.64. The van der Waals surface area contributed by atoms with Gasteiger partial charge in [-0.1, -0.05) is 59.6 Å². The second-order valence-corrected chi connectivity index (χ2v) is 8.88. The third-order valence-corrected chi connectivity index (χ3v) is 6.38. The van der Waals surface area contributed by atoms with Crippen molar-refractivity contribution in [2.24, 2.45) is 0 Å². The van der Waals surface area contributed by atoms with E-state index in [1.807, 2.05) is 55.5 Å². The number of hydrogen-bond acceptors (Lipinski definition) is 4. The van der Waals surface area contributed by atoms with E-state index >= 15 is 0 Å². The molecule has 0 saturated carbocycles. The summed E-state index contributed by atoms with van der Waals surface area (Å²) in [6.07, 6.45) is 2.56. The molecule has 4 nitrogen and oxygen atoms in total. The van der Waals surface area contributed by atoms with Gasteiger partial charge in [-0.15, -0.1) is 0 Å². The molecule has 5 rings (SSSR count). The molecule has 0 N–H and O–H groups in total. The van der Waals surface area contributed by atoms with Crippen LogP contribution in [0.1, 0.15) is 32.6 Å². The molecule has 0 spiro atoms. The average Bonchev–Trinajstić information content (AvgIpc) is 3.11. The predicted molar refractivity (Wildman–Crippen MR) is 127 cm³/mol. The van der Waals surface area contributed by atoms with Gasteiger partial charge in [-0.2, -0.15) is 0 Å². The lowest BCUT2D eigenvalue weighted by Gasteiger charge is -2.30. The van der Waals surface area contributed by atoms with Crippen LogP contribution in [0.2, 0.25) is 10.0 Å². The van der Waals surface area contributed by atoms with Crippen molar-refractivity contribution in [3.63, 3.8) is 0 Å². The number of carbonyl (C=O) groups is 1. The maximum absolute atomic E-state index is 13.1. The minimum Gasteiger partial charge on any atom is -0.478 e. The fourth-order valence-corrected chi connectivity index (χ4v) is 4.63. The van der Waals surface area contributed by atoms with E-state index in [1.54, 1.807) is 12.1 Å². The second-order valence-electron chi connectivity index (χ2n) is 8.04. The number of ketones is 1. The van der Waals surface area contributed by atoms with Gasteiger partial charge in [0.25, 0.3) is 0 Å². The predicted octanol–water partition coefficient (Wildman–Crippen LogP) is 6.31. The number of allylic oxidation sites excluding steroid dienone is 1. The van der Waals surface area contributed by atoms with Gasteiger partial charge in [0.2, 0.25) is 5.78 Å². The van der Waals surface area contributed by atoms with Gasteiger partial charge in [-0.3, -0.25) is 9.69 Å². The minimum atomic E-state index is -0.0887. The number of halogens is 2. The quantitative estimate of drug-likeness (QED) is 0.423. The van der Waals surface area contributed by atoms with E-state index in [2.05, 4.69) is 4.90 Å². The van der Waals surface area contributed by atoms with Gasteiger partial charge in [0.1, 0.15) is 18.2 Å². The first-order chi connectivity index (χ1) is 15.5. The van der Waals surface area contributed by atoms with E-state index in [4.69, 9.17) is 32.7 Å². The molecule has 32 heavy (non-hydrogen) atoms. The maximum atomic E-state index is 13.1. The molecule has 3 aromatic carbocycles. The summed E-state index contributed by atoms with van der Waals surface area (Å²) in [6.45, 7) is 3.78. The third kappa shape index (κ3) is 4.02. The Labute approximate surface area is 197 Å². The van der Waals surface area contributed by atoms with Gasteiger partial charge in [0, 0.05) is 23.1 Å². The Bertz CT molecular complexity index is 1240. The fourth-order valence-electron chi connectivity index (χ4n) is 4.12. The number of carbonyl (C=O) groups excluding carboxylic acids is 1. The van der Waals surface area contributed by atoms with Gasteiger partial charge in [-0.25, -0.2) is 0 Å². The van der Waals surface area contributed by atoms with Gasteiger partial charge in [-0.05, 0) is 54.3 Å². The summed E-state index contributed by atoms with van der Waals surface area (Å²) in [7, 11) is 0. The molecule has 2 aliphatic heterocycles. The highest BCUT2D eigenvalue weighted by Gasteiger charge is 2.35. The van der Waals surface area contributed by atoms with Crippen LogP contribution < -0.4 is 9.47 Å². The Kier molecular flexibility index (Phi) is 5.68. The number of ether oxygens (including phenoxy) is 2. The van der Waals surface area contributed by atoms with Crippen molar-refractivity contribution in [2.75, 3.05) is 13.3 Å². The highest BCUT2D eigenvalue weighted by molar-refractivity contribution is 6.35. The van der Waals surface area contributed by atoms with Gasteiger partial charge in [0.15, 0.2) is 5.76 Å². The van der Waals surface area contributed by atoms with Crippen molar-refractivity contribution in [3.8, 4) is 11.5 Å². The van der Waals surface area contributed by atoms with E-state index in [0.717, 1.165) is 41.0 Å². The number of benzene rings is 3. The van der Waals surface area contributed by atoms with E-state index in [-0.39, 0.29) is 5.78 Å². The zero-order chi connectivity index (χ0) is 22.2. The van der Waals surface area contributed by atoms with Crippen LogP contribution in [0.3, 0.4) is 0 Å². The monoisotopic (exact) mass is 465 g/mol. The van der Waals surface area contributed by atoms with Crippen molar-refractivity contribution >= 4 is 35.1 Å². The number of rotatable bonds is 4. The lowest BCUT2D eigenvalue weighted by molar-refractivity contribution is 0.0949. The highest BCUT2D eigenvalue weighted by atomic mass is 35.5. The van der Waals surface area contributed by atoms with Crippen LogP contribution >= 0.6 is 23.2 Å². The first kappa shape index (κ1) is 21.1. The van der Waals surface area contributed by atoms with Crippen LogP contribution in [0.5, 0.6) is 11.5 Å². The van der Waals surface area contributed by atoms with Crippen molar-refractivity contribution in [1.82, 2.24) is 4.90 Å². The van der Waals surface area contributed by atoms with Crippen molar-refractivity contribution in [3.05, 3.63) is 98.2 Å². The summed E-state index contributed by atoms with van der Waals surface area (Å²) in [6, 6.07) is 17.2. The molecule has 0 saturated heterocycles. The number of fused-ring (bicyclic) bond motifs is 3. The average molecular weight is 466 g/mol. The summed E-state index contributed by atoms with van der Waals surface area (Å²) in [4.78, 5) is 15.3. The largest absolute Gasteiger partial charge is 0.478 e. The molecule has 0 fully saturated rings. The molecule has 0 aliphatic carbocycles. The molecule has 162 valence electrons. The van der Waals surface area contributed by atoms with E-state index in [9.17, 15) is 4.79 Å². The molecular weight excluding hydrogens is 445 g/mol. The lowest BCUT2D eigenvalue weighted by atomic mass is 9.98. The molecule has 3 aromatic rings. The molecule has 6 heteroatoms. The summed E-state index contributed by atoms with van der Waals surface area (Å²) >= 11 is 12.3. The lowest BCUT2D eigenvalue weighted by Crippen LogP contribution is -2.34. The van der Waals surface area contributed by atoms with E-state index in [1.165, 1.54) is 0 Å². The Morgan fingerprint density at radius 2 is 1.91 bits per heavy atom. The minimum absolute atomic E-state index is 0.0887. The van der Waals surface area contributed by atoms with Crippen LogP contribution in [0, 0.1) is 6.92 Å².